The maximum atomic E-state index is 12.9. The Morgan fingerprint density at radius 3 is 2.56 bits per heavy atom. The van der Waals surface area contributed by atoms with E-state index >= 15 is 0 Å². The zero-order valence-corrected chi connectivity index (χ0v) is 19.3. The van der Waals surface area contributed by atoms with Gasteiger partial charge in [0.1, 0.15) is 5.25 Å². The number of amidine groups is 1. The number of Topliss-reactive ketones (excluding diaryl/α,β-unsaturated/α-hetero) is 1. The fourth-order valence-corrected chi connectivity index (χ4v) is 4.43. The number of amides is 2. The molecule has 0 bridgehead atoms. The summed E-state index contributed by atoms with van der Waals surface area (Å²) in [6, 6.07) is 14.7. The van der Waals surface area contributed by atoms with Crippen molar-refractivity contribution < 1.29 is 14.4 Å². The van der Waals surface area contributed by atoms with E-state index in [-0.39, 0.29) is 24.0 Å². The average molecular weight is 450 g/mol. The number of carbonyl (C=O) groups is 3. The first-order valence-electron chi connectivity index (χ1n) is 10.5. The van der Waals surface area contributed by atoms with Crippen LogP contribution in [0.5, 0.6) is 0 Å². The normalized spacial score (nSPS) is 17.1. The summed E-state index contributed by atoms with van der Waals surface area (Å²) in [5.41, 5.74) is 3.03. The Bertz CT molecular complexity index is 1060. The predicted octanol–water partition coefficient (Wildman–Crippen LogP) is 5.16. The molecule has 0 unspecified atom stereocenters. The van der Waals surface area contributed by atoms with Crippen LogP contribution >= 0.6 is 11.8 Å². The molecule has 32 heavy (non-hydrogen) atoms. The van der Waals surface area contributed by atoms with E-state index in [9.17, 15) is 14.4 Å². The van der Waals surface area contributed by atoms with Crippen molar-refractivity contribution in [1.29, 1.82) is 0 Å². The Labute approximate surface area is 192 Å². The topological polar surface area (TPSA) is 78.8 Å². The fraction of sp³-hybridized carbons (Fsp3) is 0.280. The van der Waals surface area contributed by atoms with Gasteiger partial charge in [0, 0.05) is 24.2 Å². The minimum Gasteiger partial charge on any atom is -0.326 e. The summed E-state index contributed by atoms with van der Waals surface area (Å²) in [6.07, 6.45) is 1.66. The summed E-state index contributed by atoms with van der Waals surface area (Å²) in [4.78, 5) is 43.3. The zero-order chi connectivity index (χ0) is 23.3. The molecule has 0 aromatic heterocycles. The molecule has 1 saturated heterocycles. The van der Waals surface area contributed by atoms with Gasteiger partial charge >= 0.3 is 0 Å². The van der Waals surface area contributed by atoms with Crippen molar-refractivity contribution in [2.75, 3.05) is 11.9 Å². The first-order valence-corrected chi connectivity index (χ1v) is 11.3. The van der Waals surface area contributed by atoms with Crippen molar-refractivity contribution in [2.45, 2.75) is 38.4 Å². The molecule has 166 valence electrons. The Balaban J connectivity index is 1.73. The van der Waals surface area contributed by atoms with Crippen LogP contribution in [0.2, 0.25) is 0 Å². The zero-order valence-electron chi connectivity index (χ0n) is 18.5. The number of nitrogens with zero attached hydrogens (tertiary/aromatic N) is 2. The predicted molar refractivity (Wildman–Crippen MR) is 131 cm³/mol. The maximum Gasteiger partial charge on any atom is 0.242 e. The van der Waals surface area contributed by atoms with Gasteiger partial charge in [0.15, 0.2) is 11.0 Å². The van der Waals surface area contributed by atoms with Gasteiger partial charge in [-0.2, -0.15) is 0 Å². The molecule has 0 saturated carbocycles. The standard InChI is InChI=1S/C25H27N3O3S/c1-5-13-28-24(31)22(15-23(30)26-20-11-9-18(10-12-20)16(2)3)32-25(28)27-21-8-6-7-19(14-21)17(4)29/h5-12,14,16,22H,1,13,15H2,2-4H3,(H,26,30)/t22-/m1/s1. The molecule has 1 aliphatic rings. The molecular weight excluding hydrogens is 422 g/mol. The summed E-state index contributed by atoms with van der Waals surface area (Å²) in [6.45, 7) is 9.73. The highest BCUT2D eigenvalue weighted by Gasteiger charge is 2.38. The molecule has 0 radical (unpaired) electrons. The van der Waals surface area contributed by atoms with Gasteiger partial charge in [0.25, 0.3) is 0 Å². The highest BCUT2D eigenvalue weighted by Crippen LogP contribution is 2.32. The van der Waals surface area contributed by atoms with Crippen LogP contribution in [0, 0.1) is 0 Å². The Hall–Kier alpha value is -3.19. The van der Waals surface area contributed by atoms with Crippen molar-refractivity contribution in [3.05, 3.63) is 72.3 Å². The number of anilines is 1. The molecule has 1 atom stereocenters. The Morgan fingerprint density at radius 1 is 1.22 bits per heavy atom. The van der Waals surface area contributed by atoms with Gasteiger partial charge in [-0.15, -0.1) is 6.58 Å². The second-order valence-corrected chi connectivity index (χ2v) is 9.04. The number of thioether (sulfide) groups is 1. The van der Waals surface area contributed by atoms with Crippen LogP contribution in [-0.2, 0) is 9.59 Å². The van der Waals surface area contributed by atoms with E-state index in [1.54, 1.807) is 30.3 Å². The maximum absolute atomic E-state index is 12.9. The van der Waals surface area contributed by atoms with Gasteiger partial charge in [-0.1, -0.05) is 56.0 Å². The lowest BCUT2D eigenvalue weighted by Gasteiger charge is -2.14. The SMILES string of the molecule is C=CCN1C(=O)[C@@H](CC(=O)Nc2ccc(C(C)C)cc2)SC1=Nc1cccc(C(C)=O)c1. The van der Waals surface area contributed by atoms with Gasteiger partial charge in [-0.25, -0.2) is 4.99 Å². The quantitative estimate of drug-likeness (QED) is 0.446. The van der Waals surface area contributed by atoms with Crippen LogP contribution in [0.3, 0.4) is 0 Å². The van der Waals surface area contributed by atoms with Crippen LogP contribution < -0.4 is 5.32 Å². The third kappa shape index (κ3) is 5.73. The molecule has 3 rings (SSSR count). The van der Waals surface area contributed by atoms with Crippen molar-refractivity contribution in [3.8, 4) is 0 Å². The number of carbonyl (C=O) groups excluding carboxylic acids is 3. The molecule has 2 amide bonds. The molecular formula is C25H27N3O3S. The fourth-order valence-electron chi connectivity index (χ4n) is 3.26. The van der Waals surface area contributed by atoms with Crippen molar-refractivity contribution in [3.63, 3.8) is 0 Å². The minimum absolute atomic E-state index is 0.0373. The first kappa shape index (κ1) is 23.5. The largest absolute Gasteiger partial charge is 0.326 e. The molecule has 1 aliphatic heterocycles. The number of benzene rings is 2. The second kappa shape index (κ2) is 10.4. The van der Waals surface area contributed by atoms with Crippen molar-refractivity contribution in [2.24, 2.45) is 4.99 Å². The molecule has 7 heteroatoms. The second-order valence-electron chi connectivity index (χ2n) is 7.87. The van der Waals surface area contributed by atoms with Crippen LogP contribution in [0.4, 0.5) is 11.4 Å². The molecule has 0 spiro atoms. The van der Waals surface area contributed by atoms with E-state index in [1.165, 1.54) is 29.1 Å². The van der Waals surface area contributed by atoms with E-state index in [0.717, 1.165) is 0 Å². The van der Waals surface area contributed by atoms with Gasteiger partial charge in [0.2, 0.25) is 11.8 Å². The van der Waals surface area contributed by atoms with E-state index < -0.39 is 5.25 Å². The molecule has 2 aromatic carbocycles. The smallest absolute Gasteiger partial charge is 0.242 e. The third-order valence-corrected chi connectivity index (χ3v) is 6.22. The van der Waals surface area contributed by atoms with Crippen LogP contribution in [0.1, 0.15) is 49.0 Å². The van der Waals surface area contributed by atoms with E-state index in [4.69, 9.17) is 0 Å². The lowest BCUT2D eigenvalue weighted by molar-refractivity contribution is -0.127. The number of hydrogen-bond acceptors (Lipinski definition) is 5. The number of nitrogens with one attached hydrogen (secondary N) is 1. The van der Waals surface area contributed by atoms with Gasteiger partial charge < -0.3 is 5.32 Å². The lowest BCUT2D eigenvalue weighted by atomic mass is 10.0. The van der Waals surface area contributed by atoms with Gasteiger partial charge in [0.05, 0.1) is 5.69 Å². The summed E-state index contributed by atoms with van der Waals surface area (Å²) < 4.78 is 0. The van der Waals surface area contributed by atoms with E-state index in [0.29, 0.717) is 34.6 Å². The van der Waals surface area contributed by atoms with E-state index in [1.807, 2.05) is 24.3 Å². The number of hydrogen-bond donors (Lipinski definition) is 1. The van der Waals surface area contributed by atoms with Crippen LogP contribution in [0.15, 0.2) is 66.2 Å². The van der Waals surface area contributed by atoms with Crippen molar-refractivity contribution in [1.82, 2.24) is 4.90 Å². The Morgan fingerprint density at radius 2 is 1.94 bits per heavy atom. The number of ketones is 1. The summed E-state index contributed by atoms with van der Waals surface area (Å²) in [5.74, 6) is -0.0497. The average Bonchev–Trinajstić information content (AvgIpc) is 3.03. The van der Waals surface area contributed by atoms with Gasteiger partial charge in [-0.05, 0) is 42.7 Å². The lowest BCUT2D eigenvalue weighted by Crippen LogP contribution is -2.33. The highest BCUT2D eigenvalue weighted by molar-refractivity contribution is 8.15. The summed E-state index contributed by atoms with van der Waals surface area (Å²) >= 11 is 1.25. The molecule has 2 aromatic rings. The number of rotatable bonds is 8. The molecule has 1 N–H and O–H groups in total. The van der Waals surface area contributed by atoms with Crippen LogP contribution in [0.25, 0.3) is 0 Å². The molecule has 1 fully saturated rings. The Kier molecular flexibility index (Phi) is 7.64. The summed E-state index contributed by atoms with van der Waals surface area (Å²) in [5, 5.41) is 2.79. The third-order valence-electron chi connectivity index (χ3n) is 5.04. The minimum atomic E-state index is -0.570. The first-order chi connectivity index (χ1) is 15.3. The highest BCUT2D eigenvalue weighted by atomic mass is 32.2. The van der Waals surface area contributed by atoms with Crippen LogP contribution in [-0.4, -0.2) is 39.5 Å². The van der Waals surface area contributed by atoms with E-state index in [2.05, 4.69) is 30.7 Å². The molecule has 6 nitrogen and oxygen atoms in total. The summed E-state index contributed by atoms with van der Waals surface area (Å²) in [7, 11) is 0. The van der Waals surface area contributed by atoms with Crippen molar-refractivity contribution >= 4 is 45.9 Å². The molecule has 1 heterocycles. The van der Waals surface area contributed by atoms with Gasteiger partial charge in [-0.3, -0.25) is 19.3 Å². The monoisotopic (exact) mass is 449 g/mol. The number of aliphatic imine (C=N–C) groups is 1. The molecule has 0 aliphatic carbocycles.